The molecule has 1 aromatic carbocycles. The van der Waals surface area contributed by atoms with Crippen molar-refractivity contribution in [1.82, 2.24) is 0 Å². The van der Waals surface area contributed by atoms with E-state index in [1.54, 1.807) is 0 Å². The van der Waals surface area contributed by atoms with Gasteiger partial charge in [-0.25, -0.2) is 4.39 Å². The number of nitro benzene ring substituents is 1. The zero-order chi connectivity index (χ0) is 10.9. The molecule has 0 radical (unpaired) electrons. The smallest absolute Gasteiger partial charge is 0.287 e. The summed E-state index contributed by atoms with van der Waals surface area (Å²) >= 11 is 2.69. The van der Waals surface area contributed by atoms with Gasteiger partial charge in [0.05, 0.1) is 17.0 Å². The molecule has 14 heavy (non-hydrogen) atoms. The number of carbonyl (C=O) groups excluding carboxylic acids is 1. The Hall–Kier alpha value is -1.50. The third-order valence-electron chi connectivity index (χ3n) is 1.43. The molecule has 1 rings (SSSR count). The van der Waals surface area contributed by atoms with Crippen LogP contribution in [0.3, 0.4) is 0 Å². The molecule has 0 spiro atoms. The van der Waals surface area contributed by atoms with Gasteiger partial charge < -0.3 is 9.90 Å². The first kappa shape index (κ1) is 10.6. The second-order valence-corrected chi connectivity index (χ2v) is 3.12. The zero-order valence-electron chi connectivity index (χ0n) is 6.49. The van der Waals surface area contributed by atoms with Gasteiger partial charge in [0.15, 0.2) is 0 Å². The highest BCUT2D eigenvalue weighted by molar-refractivity contribution is 9.10. The number of carboxylic acid groups (broad SMARTS) is 1. The minimum absolute atomic E-state index is 0.302. The molecule has 0 fully saturated rings. The van der Waals surface area contributed by atoms with E-state index in [1.165, 1.54) is 0 Å². The summed E-state index contributed by atoms with van der Waals surface area (Å²) in [6, 6.07) is 1.27. The molecule has 0 saturated heterocycles. The maximum Gasteiger partial charge on any atom is 0.287 e. The maximum absolute atomic E-state index is 12.7. The summed E-state index contributed by atoms with van der Waals surface area (Å²) in [5.74, 6) is -2.68. The zero-order valence-corrected chi connectivity index (χ0v) is 8.08. The second-order valence-electron chi connectivity index (χ2n) is 2.33. The van der Waals surface area contributed by atoms with E-state index >= 15 is 0 Å². The van der Waals surface area contributed by atoms with Gasteiger partial charge in [-0.3, -0.25) is 10.1 Å². The van der Waals surface area contributed by atoms with Crippen molar-refractivity contribution in [2.45, 2.75) is 0 Å². The van der Waals surface area contributed by atoms with E-state index in [1.807, 2.05) is 0 Å². The summed E-state index contributed by atoms with van der Waals surface area (Å²) in [5.41, 5.74) is -1.24. The Morgan fingerprint density at radius 3 is 2.50 bits per heavy atom. The average molecular weight is 263 g/mol. The molecule has 5 nitrogen and oxygen atoms in total. The predicted molar refractivity (Wildman–Crippen MR) is 45.1 cm³/mol. The van der Waals surface area contributed by atoms with Gasteiger partial charge in [0.1, 0.15) is 10.3 Å². The number of nitrogens with zero attached hydrogens (tertiary/aromatic N) is 1. The number of rotatable bonds is 2. The molecular formula is C7H2BrFNO4-. The van der Waals surface area contributed by atoms with Crippen LogP contribution in [0.5, 0.6) is 0 Å². The van der Waals surface area contributed by atoms with E-state index in [-0.39, 0.29) is 4.47 Å². The van der Waals surface area contributed by atoms with Crippen LogP contribution in [0, 0.1) is 15.9 Å². The number of hydrogen-bond acceptors (Lipinski definition) is 4. The SMILES string of the molecule is O=C([O-])c1cc(F)cc([N+](=O)[O-])c1Br. The van der Waals surface area contributed by atoms with Crippen LogP contribution in [0.2, 0.25) is 0 Å². The van der Waals surface area contributed by atoms with Gasteiger partial charge in [0, 0.05) is 5.56 Å². The van der Waals surface area contributed by atoms with Crippen LogP contribution < -0.4 is 5.11 Å². The lowest BCUT2D eigenvalue weighted by Gasteiger charge is -2.05. The third-order valence-corrected chi connectivity index (χ3v) is 2.27. The van der Waals surface area contributed by atoms with Crippen molar-refractivity contribution in [3.05, 3.63) is 38.1 Å². The first-order valence-corrected chi connectivity index (χ1v) is 4.07. The monoisotopic (exact) mass is 262 g/mol. The topological polar surface area (TPSA) is 83.3 Å². The van der Waals surface area contributed by atoms with Crippen molar-refractivity contribution < 1.29 is 19.2 Å². The highest BCUT2D eigenvalue weighted by Crippen LogP contribution is 2.29. The van der Waals surface area contributed by atoms with E-state index < -0.39 is 28.0 Å². The summed E-state index contributed by atoms with van der Waals surface area (Å²) in [4.78, 5) is 19.9. The van der Waals surface area contributed by atoms with Crippen LogP contribution in [0.1, 0.15) is 10.4 Å². The van der Waals surface area contributed by atoms with Crippen molar-refractivity contribution in [2.24, 2.45) is 0 Å². The first-order chi connectivity index (χ1) is 6.43. The molecule has 74 valence electrons. The molecule has 0 aliphatic rings. The molecule has 0 bridgehead atoms. The number of carbonyl (C=O) groups is 1. The molecule has 0 aliphatic carbocycles. The van der Waals surface area contributed by atoms with Crippen molar-refractivity contribution >= 4 is 27.6 Å². The Balaban J connectivity index is 3.47. The molecule has 1 aromatic rings. The Kier molecular flexibility index (Phi) is 2.80. The fourth-order valence-corrected chi connectivity index (χ4v) is 1.39. The van der Waals surface area contributed by atoms with Gasteiger partial charge in [-0.2, -0.15) is 0 Å². The molecule has 7 heteroatoms. The molecular weight excluding hydrogens is 261 g/mol. The fourth-order valence-electron chi connectivity index (χ4n) is 0.856. The predicted octanol–water partition coefficient (Wildman–Crippen LogP) is 0.860. The third kappa shape index (κ3) is 1.87. The number of hydrogen-bond donors (Lipinski definition) is 0. The van der Waals surface area contributed by atoms with Gasteiger partial charge in [-0.1, -0.05) is 0 Å². The maximum atomic E-state index is 12.7. The normalized spacial score (nSPS) is 9.86. The second kappa shape index (κ2) is 3.70. The van der Waals surface area contributed by atoms with Crippen molar-refractivity contribution in [3.63, 3.8) is 0 Å². The lowest BCUT2D eigenvalue weighted by molar-refractivity contribution is -0.386. The van der Waals surface area contributed by atoms with Crippen LogP contribution in [-0.4, -0.2) is 10.9 Å². The summed E-state index contributed by atoms with van der Waals surface area (Å²) in [5, 5.41) is 20.8. The van der Waals surface area contributed by atoms with Crippen LogP contribution in [0.25, 0.3) is 0 Å². The largest absolute Gasteiger partial charge is 0.545 e. The van der Waals surface area contributed by atoms with Gasteiger partial charge in [0.25, 0.3) is 5.69 Å². The van der Waals surface area contributed by atoms with Crippen molar-refractivity contribution in [1.29, 1.82) is 0 Å². The summed E-state index contributed by atoms with van der Waals surface area (Å²) in [6.45, 7) is 0. The Bertz CT molecular complexity index is 385. The van der Waals surface area contributed by atoms with E-state index in [0.29, 0.717) is 12.1 Å². The van der Waals surface area contributed by atoms with Crippen molar-refractivity contribution in [2.75, 3.05) is 0 Å². The Morgan fingerprint density at radius 1 is 1.50 bits per heavy atom. The first-order valence-electron chi connectivity index (χ1n) is 3.28. The minimum Gasteiger partial charge on any atom is -0.545 e. The fraction of sp³-hybridized carbons (Fsp3) is 0. The molecule has 0 heterocycles. The highest BCUT2D eigenvalue weighted by atomic mass is 79.9. The molecule has 0 N–H and O–H groups in total. The van der Waals surface area contributed by atoms with Crippen LogP contribution in [0.15, 0.2) is 16.6 Å². The van der Waals surface area contributed by atoms with Gasteiger partial charge in [-0.05, 0) is 22.0 Å². The molecule has 0 aliphatic heterocycles. The number of halogens is 2. The summed E-state index contributed by atoms with van der Waals surface area (Å²) in [6.07, 6.45) is 0. The van der Waals surface area contributed by atoms with Crippen LogP contribution in [0.4, 0.5) is 10.1 Å². The van der Waals surface area contributed by atoms with Gasteiger partial charge in [0.2, 0.25) is 0 Å². The Labute approximate surface area is 85.4 Å². The lowest BCUT2D eigenvalue weighted by Crippen LogP contribution is -2.23. The van der Waals surface area contributed by atoms with Crippen LogP contribution >= 0.6 is 15.9 Å². The summed E-state index contributed by atoms with van der Waals surface area (Å²) < 4.78 is 12.4. The Morgan fingerprint density at radius 2 is 2.07 bits per heavy atom. The molecule has 0 aromatic heterocycles. The molecule has 0 unspecified atom stereocenters. The molecule has 0 amide bonds. The standard InChI is InChI=1S/C7H3BrFNO4/c8-6-4(7(11)12)1-3(9)2-5(6)10(13)14/h1-2H,(H,11,12)/p-1. The lowest BCUT2D eigenvalue weighted by atomic mass is 10.2. The number of carboxylic acids is 1. The van der Waals surface area contributed by atoms with E-state index in [2.05, 4.69) is 15.9 Å². The number of aromatic carboxylic acids is 1. The van der Waals surface area contributed by atoms with Gasteiger partial charge >= 0.3 is 0 Å². The molecule has 0 atom stereocenters. The van der Waals surface area contributed by atoms with Gasteiger partial charge in [-0.15, -0.1) is 0 Å². The van der Waals surface area contributed by atoms with Crippen molar-refractivity contribution in [3.8, 4) is 0 Å². The van der Waals surface area contributed by atoms with E-state index in [4.69, 9.17) is 0 Å². The van der Waals surface area contributed by atoms with E-state index in [9.17, 15) is 24.4 Å². The quantitative estimate of drug-likeness (QED) is 0.585. The minimum atomic E-state index is -1.68. The number of benzene rings is 1. The van der Waals surface area contributed by atoms with Crippen LogP contribution in [-0.2, 0) is 0 Å². The highest BCUT2D eigenvalue weighted by Gasteiger charge is 2.18. The van der Waals surface area contributed by atoms with E-state index in [0.717, 1.165) is 0 Å². The summed E-state index contributed by atoms with van der Waals surface area (Å²) in [7, 11) is 0. The average Bonchev–Trinajstić information content (AvgIpc) is 2.07. The number of nitro groups is 1. The molecule has 0 saturated carbocycles.